The molecule has 0 amide bonds. The van der Waals surface area contributed by atoms with E-state index in [2.05, 4.69) is 58.0 Å². The van der Waals surface area contributed by atoms with Crippen molar-refractivity contribution in [2.75, 3.05) is 7.05 Å². The molecule has 4 rings (SSSR count). The zero-order valence-electron chi connectivity index (χ0n) is 15.7. The smallest absolute Gasteiger partial charge is 0.191 e. The molecule has 0 aliphatic carbocycles. The average molecular weight is 353 g/mol. The molecular weight excluding hydrogens is 326 g/mol. The number of benzene rings is 1. The van der Waals surface area contributed by atoms with Gasteiger partial charge in [-0.15, -0.1) is 0 Å². The van der Waals surface area contributed by atoms with Gasteiger partial charge in [0.25, 0.3) is 0 Å². The summed E-state index contributed by atoms with van der Waals surface area (Å²) in [5, 5.41) is 11.6. The highest BCUT2D eigenvalue weighted by molar-refractivity contribution is 5.80. The number of ether oxygens (including phenoxy) is 1. The normalized spacial score (nSPS) is 24.9. The van der Waals surface area contributed by atoms with E-state index in [9.17, 15) is 0 Å². The molecule has 2 bridgehead atoms. The number of nitrogens with zero attached hydrogens (tertiary/aromatic N) is 3. The summed E-state index contributed by atoms with van der Waals surface area (Å²) in [6.45, 7) is 4.79. The molecule has 6 heteroatoms. The topological polar surface area (TPSA) is 63.5 Å². The Morgan fingerprint density at radius 2 is 2.15 bits per heavy atom. The number of rotatable bonds is 4. The van der Waals surface area contributed by atoms with Gasteiger partial charge in [-0.25, -0.2) is 4.68 Å². The van der Waals surface area contributed by atoms with Crippen LogP contribution in [0, 0.1) is 13.8 Å². The standard InChI is InChI=1S/C20H27N5O/c1-13-10-14(2)25(24-13)18-7-5-4-6-15(18)12-22-20(21-3)23-17-11-16-8-9-19(17)26-16/h4-7,10,16-17,19H,8-9,11-12H2,1-3H3,(H2,21,22,23). The first-order chi connectivity index (χ1) is 12.6. The molecule has 1 aromatic heterocycles. The Morgan fingerprint density at radius 1 is 1.31 bits per heavy atom. The third kappa shape index (κ3) is 3.33. The van der Waals surface area contributed by atoms with E-state index in [-0.39, 0.29) is 0 Å². The molecule has 0 radical (unpaired) electrons. The van der Waals surface area contributed by atoms with Crippen LogP contribution in [0.4, 0.5) is 0 Å². The van der Waals surface area contributed by atoms with E-state index in [0.717, 1.165) is 35.9 Å². The monoisotopic (exact) mass is 353 g/mol. The number of hydrogen-bond donors (Lipinski definition) is 2. The van der Waals surface area contributed by atoms with E-state index in [1.54, 1.807) is 0 Å². The number of aliphatic imine (C=N–C) groups is 1. The first-order valence-electron chi connectivity index (χ1n) is 9.38. The molecule has 3 atom stereocenters. The Hall–Kier alpha value is -2.34. The van der Waals surface area contributed by atoms with Crippen LogP contribution >= 0.6 is 0 Å². The summed E-state index contributed by atoms with van der Waals surface area (Å²) in [7, 11) is 1.82. The maximum absolute atomic E-state index is 5.93. The fraction of sp³-hybridized carbons (Fsp3) is 0.500. The van der Waals surface area contributed by atoms with Gasteiger partial charge in [-0.2, -0.15) is 5.10 Å². The van der Waals surface area contributed by atoms with Crippen LogP contribution in [-0.2, 0) is 11.3 Å². The average Bonchev–Trinajstić information content (AvgIpc) is 3.34. The molecule has 2 aromatic rings. The maximum Gasteiger partial charge on any atom is 0.191 e. The number of para-hydroxylation sites is 1. The van der Waals surface area contributed by atoms with E-state index in [4.69, 9.17) is 4.74 Å². The van der Waals surface area contributed by atoms with Crippen molar-refractivity contribution in [2.24, 2.45) is 4.99 Å². The van der Waals surface area contributed by atoms with Crippen molar-refractivity contribution < 1.29 is 4.74 Å². The lowest BCUT2D eigenvalue weighted by Gasteiger charge is -2.23. The van der Waals surface area contributed by atoms with Gasteiger partial charge in [0.15, 0.2) is 5.96 Å². The minimum absolute atomic E-state index is 0.334. The van der Waals surface area contributed by atoms with Gasteiger partial charge >= 0.3 is 0 Å². The van der Waals surface area contributed by atoms with Crippen LogP contribution in [0.3, 0.4) is 0 Å². The van der Waals surface area contributed by atoms with Gasteiger partial charge in [0, 0.05) is 19.3 Å². The molecule has 0 spiro atoms. The Kier molecular flexibility index (Phi) is 4.68. The van der Waals surface area contributed by atoms with Crippen molar-refractivity contribution in [3.63, 3.8) is 0 Å². The fourth-order valence-electron chi connectivity index (χ4n) is 4.08. The number of aryl methyl sites for hydroxylation is 2. The lowest BCUT2D eigenvalue weighted by Crippen LogP contribution is -2.47. The van der Waals surface area contributed by atoms with Gasteiger partial charge in [0.05, 0.1) is 29.6 Å². The Balaban J connectivity index is 1.45. The van der Waals surface area contributed by atoms with E-state index in [0.29, 0.717) is 24.8 Å². The van der Waals surface area contributed by atoms with Crippen molar-refractivity contribution in [3.05, 3.63) is 47.3 Å². The van der Waals surface area contributed by atoms with Crippen LogP contribution in [0.25, 0.3) is 5.69 Å². The Morgan fingerprint density at radius 3 is 2.81 bits per heavy atom. The van der Waals surface area contributed by atoms with Crippen molar-refractivity contribution in [2.45, 2.75) is 57.9 Å². The summed E-state index contributed by atoms with van der Waals surface area (Å²) in [6.07, 6.45) is 4.20. The highest BCUT2D eigenvalue weighted by atomic mass is 16.5. The third-order valence-electron chi connectivity index (χ3n) is 5.33. The van der Waals surface area contributed by atoms with E-state index < -0.39 is 0 Å². The zero-order chi connectivity index (χ0) is 18.1. The highest BCUT2D eigenvalue weighted by Crippen LogP contribution is 2.34. The quantitative estimate of drug-likeness (QED) is 0.655. The third-order valence-corrected chi connectivity index (χ3v) is 5.33. The minimum atomic E-state index is 0.334. The van der Waals surface area contributed by atoms with Crippen molar-refractivity contribution in [3.8, 4) is 5.69 Å². The van der Waals surface area contributed by atoms with Crippen LogP contribution in [0.1, 0.15) is 36.2 Å². The summed E-state index contributed by atoms with van der Waals surface area (Å²) in [6, 6.07) is 10.8. The molecule has 0 saturated carbocycles. The van der Waals surface area contributed by atoms with Gasteiger partial charge in [-0.1, -0.05) is 18.2 Å². The van der Waals surface area contributed by atoms with Crippen LogP contribution in [-0.4, -0.2) is 41.0 Å². The van der Waals surface area contributed by atoms with Gasteiger partial charge in [-0.05, 0) is 50.8 Å². The lowest BCUT2D eigenvalue weighted by atomic mass is 9.96. The molecule has 3 unspecified atom stereocenters. The van der Waals surface area contributed by atoms with Crippen molar-refractivity contribution in [1.29, 1.82) is 0 Å². The summed E-state index contributed by atoms with van der Waals surface area (Å²) in [4.78, 5) is 4.39. The van der Waals surface area contributed by atoms with Crippen LogP contribution < -0.4 is 10.6 Å². The summed E-state index contributed by atoms with van der Waals surface area (Å²) in [5.74, 6) is 0.828. The molecule has 26 heavy (non-hydrogen) atoms. The van der Waals surface area contributed by atoms with Crippen molar-refractivity contribution in [1.82, 2.24) is 20.4 Å². The van der Waals surface area contributed by atoms with Gasteiger partial charge in [0.2, 0.25) is 0 Å². The van der Waals surface area contributed by atoms with Crippen LogP contribution in [0.5, 0.6) is 0 Å². The molecular formula is C20H27N5O. The highest BCUT2D eigenvalue weighted by Gasteiger charge is 2.41. The molecule has 138 valence electrons. The Labute approximate surface area is 154 Å². The minimum Gasteiger partial charge on any atom is -0.373 e. The van der Waals surface area contributed by atoms with Gasteiger partial charge < -0.3 is 15.4 Å². The number of nitrogens with one attached hydrogen (secondary N) is 2. The van der Waals surface area contributed by atoms with E-state index in [1.807, 2.05) is 18.7 Å². The molecule has 2 fully saturated rings. The predicted octanol–water partition coefficient (Wildman–Crippen LogP) is 2.47. The second kappa shape index (κ2) is 7.11. The predicted molar refractivity (Wildman–Crippen MR) is 103 cm³/mol. The lowest BCUT2D eigenvalue weighted by molar-refractivity contribution is 0.0992. The fourth-order valence-corrected chi connectivity index (χ4v) is 4.08. The summed E-state index contributed by atoms with van der Waals surface area (Å²) >= 11 is 0. The zero-order valence-corrected chi connectivity index (χ0v) is 15.7. The SMILES string of the molecule is CN=C(NCc1ccccc1-n1nc(C)cc1C)NC1CC2CCC1O2. The number of aromatic nitrogens is 2. The van der Waals surface area contributed by atoms with E-state index in [1.165, 1.54) is 12.0 Å². The molecule has 2 N–H and O–H groups in total. The van der Waals surface area contributed by atoms with Crippen LogP contribution in [0.2, 0.25) is 0 Å². The van der Waals surface area contributed by atoms with E-state index >= 15 is 0 Å². The first-order valence-corrected chi connectivity index (χ1v) is 9.38. The maximum atomic E-state index is 5.93. The number of guanidine groups is 1. The number of hydrogen-bond acceptors (Lipinski definition) is 3. The molecule has 2 aliphatic rings. The van der Waals surface area contributed by atoms with Gasteiger partial charge in [-0.3, -0.25) is 4.99 Å². The van der Waals surface area contributed by atoms with Crippen LogP contribution in [0.15, 0.2) is 35.3 Å². The summed E-state index contributed by atoms with van der Waals surface area (Å²) < 4.78 is 7.93. The Bertz CT molecular complexity index is 812. The largest absolute Gasteiger partial charge is 0.373 e. The molecule has 1 aromatic carbocycles. The summed E-state index contributed by atoms with van der Waals surface area (Å²) in [5.41, 5.74) is 4.45. The van der Waals surface area contributed by atoms with Gasteiger partial charge in [0.1, 0.15) is 0 Å². The second-order valence-electron chi connectivity index (χ2n) is 7.25. The second-order valence-corrected chi connectivity index (χ2v) is 7.25. The molecule has 3 heterocycles. The molecule has 6 nitrogen and oxygen atoms in total. The van der Waals surface area contributed by atoms with Crippen molar-refractivity contribution >= 4 is 5.96 Å². The molecule has 2 aliphatic heterocycles. The number of fused-ring (bicyclic) bond motifs is 2. The first kappa shape index (κ1) is 17.1. The molecule has 2 saturated heterocycles.